The number of urea groups is 1. The molecule has 24 heavy (non-hydrogen) atoms. The molecule has 124 valence electrons. The molecule has 0 bridgehead atoms. The van der Waals surface area contributed by atoms with Crippen LogP contribution >= 0.6 is 11.8 Å². The molecule has 0 aromatic heterocycles. The van der Waals surface area contributed by atoms with Gasteiger partial charge in [0, 0.05) is 22.8 Å². The predicted molar refractivity (Wildman–Crippen MR) is 96.3 cm³/mol. The Balaban J connectivity index is 1.59. The third kappa shape index (κ3) is 3.97. The molecule has 5 heteroatoms. The number of carbonyl (C=O) groups excluding carboxylic acids is 2. The minimum Gasteiger partial charge on any atom is -0.334 e. The van der Waals surface area contributed by atoms with Crippen LogP contribution in [0.4, 0.5) is 4.79 Å². The van der Waals surface area contributed by atoms with Crippen LogP contribution in [0.2, 0.25) is 0 Å². The second-order valence-corrected chi connectivity index (χ2v) is 6.95. The molecule has 2 amide bonds. The largest absolute Gasteiger partial charge is 0.334 e. The zero-order valence-electron chi connectivity index (χ0n) is 13.5. The van der Waals surface area contributed by atoms with Crippen molar-refractivity contribution in [3.8, 4) is 0 Å². The summed E-state index contributed by atoms with van der Waals surface area (Å²) in [5.74, 6) is 1.03. The monoisotopic (exact) mass is 340 g/mol. The number of hydrogen-bond donors (Lipinski definition) is 2. The van der Waals surface area contributed by atoms with Gasteiger partial charge in [0.1, 0.15) is 0 Å². The highest BCUT2D eigenvalue weighted by Crippen LogP contribution is 2.35. The summed E-state index contributed by atoms with van der Waals surface area (Å²) in [7, 11) is 0. The topological polar surface area (TPSA) is 58.2 Å². The number of amides is 2. The van der Waals surface area contributed by atoms with Gasteiger partial charge < -0.3 is 10.6 Å². The van der Waals surface area contributed by atoms with Crippen LogP contribution in [0.25, 0.3) is 0 Å². The van der Waals surface area contributed by atoms with E-state index in [0.29, 0.717) is 12.1 Å². The molecular formula is C19H20N2O2S. The molecule has 1 aliphatic rings. The second kappa shape index (κ2) is 7.53. The first-order valence-corrected chi connectivity index (χ1v) is 8.98. The lowest BCUT2D eigenvalue weighted by atomic mass is 10.0. The predicted octanol–water partition coefficient (Wildman–Crippen LogP) is 3.93. The van der Waals surface area contributed by atoms with Crippen molar-refractivity contribution >= 4 is 23.6 Å². The van der Waals surface area contributed by atoms with E-state index in [1.165, 1.54) is 17.4 Å². The molecule has 1 atom stereocenters. The fraction of sp³-hybridized carbons (Fsp3) is 0.263. The lowest BCUT2D eigenvalue weighted by Gasteiger charge is -2.26. The highest BCUT2D eigenvalue weighted by molar-refractivity contribution is 7.99. The van der Waals surface area contributed by atoms with Crippen LogP contribution in [0.5, 0.6) is 0 Å². The van der Waals surface area contributed by atoms with Crippen LogP contribution in [0.1, 0.15) is 40.9 Å². The van der Waals surface area contributed by atoms with Gasteiger partial charge in [-0.3, -0.25) is 4.79 Å². The lowest BCUT2D eigenvalue weighted by Crippen LogP contribution is -2.38. The van der Waals surface area contributed by atoms with E-state index in [0.717, 1.165) is 17.7 Å². The van der Waals surface area contributed by atoms with Crippen molar-refractivity contribution in [1.82, 2.24) is 10.6 Å². The molecule has 0 aliphatic carbocycles. The molecular weight excluding hydrogens is 320 g/mol. The number of ketones is 1. The molecule has 3 rings (SSSR count). The van der Waals surface area contributed by atoms with E-state index in [-0.39, 0.29) is 17.9 Å². The number of benzene rings is 2. The van der Waals surface area contributed by atoms with Gasteiger partial charge in [-0.15, -0.1) is 11.8 Å². The van der Waals surface area contributed by atoms with E-state index in [1.54, 1.807) is 6.07 Å². The van der Waals surface area contributed by atoms with Crippen molar-refractivity contribution in [3.63, 3.8) is 0 Å². The fourth-order valence-electron chi connectivity index (χ4n) is 2.78. The van der Waals surface area contributed by atoms with Crippen molar-refractivity contribution in [3.05, 3.63) is 65.2 Å². The third-order valence-electron chi connectivity index (χ3n) is 4.05. The van der Waals surface area contributed by atoms with E-state index >= 15 is 0 Å². The molecule has 1 heterocycles. The molecule has 0 saturated heterocycles. The highest BCUT2D eigenvalue weighted by atomic mass is 32.2. The summed E-state index contributed by atoms with van der Waals surface area (Å²) in [4.78, 5) is 24.9. The molecule has 2 aromatic rings. The SMILES string of the molecule is CC(=O)c1cccc(CNC(=O)NC2CCSc3ccccc32)c1. The third-order valence-corrected chi connectivity index (χ3v) is 5.17. The molecule has 2 aromatic carbocycles. The van der Waals surface area contributed by atoms with Crippen molar-refractivity contribution < 1.29 is 9.59 Å². The first-order valence-electron chi connectivity index (χ1n) is 7.99. The highest BCUT2D eigenvalue weighted by Gasteiger charge is 2.21. The van der Waals surface area contributed by atoms with Gasteiger partial charge in [-0.1, -0.05) is 36.4 Å². The normalized spacial score (nSPS) is 16.1. The van der Waals surface area contributed by atoms with Gasteiger partial charge in [0.05, 0.1) is 6.04 Å². The van der Waals surface area contributed by atoms with Crippen molar-refractivity contribution in [2.75, 3.05) is 5.75 Å². The second-order valence-electron chi connectivity index (χ2n) is 5.81. The quantitative estimate of drug-likeness (QED) is 0.829. The summed E-state index contributed by atoms with van der Waals surface area (Å²) in [6.45, 7) is 1.94. The molecule has 1 aliphatic heterocycles. The molecule has 0 saturated carbocycles. The first-order chi connectivity index (χ1) is 11.6. The average molecular weight is 340 g/mol. The Kier molecular flexibility index (Phi) is 5.20. The maximum atomic E-state index is 12.2. The average Bonchev–Trinajstić information content (AvgIpc) is 2.60. The van der Waals surface area contributed by atoms with E-state index in [1.807, 2.05) is 42.1 Å². The van der Waals surface area contributed by atoms with E-state index in [9.17, 15) is 9.59 Å². The van der Waals surface area contributed by atoms with Gasteiger partial charge >= 0.3 is 6.03 Å². The Morgan fingerprint density at radius 3 is 2.83 bits per heavy atom. The summed E-state index contributed by atoms with van der Waals surface area (Å²) in [5.41, 5.74) is 2.76. The molecule has 1 unspecified atom stereocenters. The summed E-state index contributed by atoms with van der Waals surface area (Å²) in [5, 5.41) is 5.93. The zero-order valence-corrected chi connectivity index (χ0v) is 14.4. The zero-order chi connectivity index (χ0) is 16.9. The van der Waals surface area contributed by atoms with Gasteiger partial charge in [0.2, 0.25) is 0 Å². The maximum Gasteiger partial charge on any atom is 0.315 e. The molecule has 0 radical (unpaired) electrons. The van der Waals surface area contributed by atoms with Crippen LogP contribution < -0.4 is 10.6 Å². The van der Waals surface area contributed by atoms with Gasteiger partial charge in [-0.2, -0.15) is 0 Å². The van der Waals surface area contributed by atoms with E-state index in [2.05, 4.69) is 22.8 Å². The number of hydrogen-bond acceptors (Lipinski definition) is 3. The number of thioether (sulfide) groups is 1. The molecule has 0 fully saturated rings. The standard InChI is InChI=1S/C19H20N2O2S/c1-13(22)15-6-4-5-14(11-15)12-20-19(23)21-17-9-10-24-18-8-3-2-7-16(17)18/h2-8,11,17H,9-10,12H2,1H3,(H2,20,21,23). The lowest BCUT2D eigenvalue weighted by molar-refractivity contribution is 0.101. The number of fused-ring (bicyclic) bond motifs is 1. The van der Waals surface area contributed by atoms with Crippen LogP contribution in [-0.2, 0) is 6.54 Å². The number of carbonyl (C=O) groups is 2. The van der Waals surface area contributed by atoms with Crippen LogP contribution in [-0.4, -0.2) is 17.6 Å². The van der Waals surface area contributed by atoms with Gasteiger partial charge in [-0.25, -0.2) is 4.79 Å². The number of Topliss-reactive ketones (excluding diaryl/α,β-unsaturated/α-hetero) is 1. The van der Waals surface area contributed by atoms with Gasteiger partial charge in [0.25, 0.3) is 0 Å². The van der Waals surface area contributed by atoms with E-state index < -0.39 is 0 Å². The minimum absolute atomic E-state index is 0.0256. The summed E-state index contributed by atoms with van der Waals surface area (Å²) < 4.78 is 0. The van der Waals surface area contributed by atoms with Crippen LogP contribution in [0, 0.1) is 0 Å². The van der Waals surface area contributed by atoms with Crippen molar-refractivity contribution in [2.45, 2.75) is 30.8 Å². The first kappa shape index (κ1) is 16.6. The summed E-state index contributed by atoms with van der Waals surface area (Å²) >= 11 is 1.83. The van der Waals surface area contributed by atoms with Gasteiger partial charge in [0.15, 0.2) is 5.78 Å². The molecule has 4 nitrogen and oxygen atoms in total. The Morgan fingerprint density at radius 1 is 1.17 bits per heavy atom. The Morgan fingerprint density at radius 2 is 2.00 bits per heavy atom. The Labute approximate surface area is 146 Å². The number of rotatable bonds is 4. The van der Waals surface area contributed by atoms with Crippen molar-refractivity contribution in [2.24, 2.45) is 0 Å². The fourth-order valence-corrected chi connectivity index (χ4v) is 3.91. The van der Waals surface area contributed by atoms with Crippen LogP contribution in [0.15, 0.2) is 53.4 Å². The molecule has 0 spiro atoms. The van der Waals surface area contributed by atoms with Crippen LogP contribution in [0.3, 0.4) is 0 Å². The minimum atomic E-state index is -0.185. The molecule has 2 N–H and O–H groups in total. The number of nitrogens with one attached hydrogen (secondary N) is 2. The Bertz CT molecular complexity index is 761. The van der Waals surface area contributed by atoms with E-state index in [4.69, 9.17) is 0 Å². The maximum absolute atomic E-state index is 12.2. The van der Waals surface area contributed by atoms with Gasteiger partial charge in [-0.05, 0) is 36.6 Å². The summed E-state index contributed by atoms with van der Waals surface area (Å²) in [6.07, 6.45) is 0.926. The smallest absolute Gasteiger partial charge is 0.315 e. The van der Waals surface area contributed by atoms with Crippen molar-refractivity contribution in [1.29, 1.82) is 0 Å². The Hall–Kier alpha value is -2.27. The summed E-state index contributed by atoms with van der Waals surface area (Å²) in [6, 6.07) is 15.4.